The van der Waals surface area contributed by atoms with Gasteiger partial charge in [0.05, 0.1) is 13.1 Å². The van der Waals surface area contributed by atoms with Crippen LogP contribution in [0.1, 0.15) is 114 Å². The number of unbranched alkanes of at least 4 members (excludes halogenated alkanes) is 1. The molecule has 0 saturated carbocycles. The molecule has 0 aliphatic carbocycles. The number of rotatable bonds is 23. The zero-order chi connectivity index (χ0) is 33.9. The Kier molecular flexibility index (Phi) is 18.7. The SMILES string of the molecule is CCCCN(C)CC(=O)NCC(=O)N(CCC)C(CC(OCCC)c1nc(C(=O)NC(CCC)Cc2ccccc2)cs1)C(C)C. The number of likely N-dealkylation sites (N-methyl/N-ethyl adjacent to an activating group) is 1. The average molecular weight is 658 g/mol. The molecule has 0 bridgehead atoms. The first kappa shape index (κ1) is 39.4. The van der Waals surface area contributed by atoms with Crippen molar-refractivity contribution < 1.29 is 19.1 Å². The number of ether oxygens (including phenoxy) is 1. The van der Waals surface area contributed by atoms with E-state index in [0.29, 0.717) is 25.3 Å². The summed E-state index contributed by atoms with van der Waals surface area (Å²) in [7, 11) is 1.92. The number of hydrogen-bond acceptors (Lipinski definition) is 7. The van der Waals surface area contributed by atoms with Gasteiger partial charge in [0.2, 0.25) is 11.8 Å². The maximum Gasteiger partial charge on any atom is 0.270 e. The molecule has 0 fully saturated rings. The fraction of sp³-hybridized carbons (Fsp3) is 0.667. The standard InChI is InChI=1S/C36H59N5O4S/c1-8-12-20-40(7)25-33(42)37-24-34(43)41(19-10-3)31(27(5)6)23-32(45-21-11-4)36-39-30(26-46-36)35(44)38-29(16-9-2)22-28-17-14-13-15-18-28/h13-15,17-18,26-27,29,31-32H,8-12,16,19-25H2,1-7H3,(H,37,42)(H,38,44). The first-order valence-corrected chi connectivity index (χ1v) is 18.2. The van der Waals surface area contributed by atoms with E-state index in [2.05, 4.69) is 64.3 Å². The van der Waals surface area contributed by atoms with E-state index in [-0.39, 0.29) is 54.9 Å². The van der Waals surface area contributed by atoms with Gasteiger partial charge in [0.1, 0.15) is 16.8 Å². The van der Waals surface area contributed by atoms with E-state index >= 15 is 0 Å². The second kappa shape index (κ2) is 21.9. The minimum absolute atomic E-state index is 0.0216. The van der Waals surface area contributed by atoms with E-state index in [0.717, 1.165) is 56.5 Å². The number of carbonyl (C=O) groups excluding carboxylic acids is 3. The maximum absolute atomic E-state index is 13.5. The summed E-state index contributed by atoms with van der Waals surface area (Å²) in [4.78, 5) is 48.1. The molecule has 3 atom stereocenters. The number of benzene rings is 1. The van der Waals surface area contributed by atoms with Crippen LogP contribution in [0.4, 0.5) is 0 Å². The molecule has 10 heteroatoms. The van der Waals surface area contributed by atoms with Crippen LogP contribution in [-0.4, -0.2) is 84.4 Å². The lowest BCUT2D eigenvalue weighted by Crippen LogP contribution is -2.49. The molecule has 0 aliphatic rings. The number of nitrogens with zero attached hydrogens (tertiary/aromatic N) is 3. The normalized spacial score (nSPS) is 13.4. The quantitative estimate of drug-likeness (QED) is 0.146. The second-order valence-electron chi connectivity index (χ2n) is 12.6. The molecule has 0 aliphatic heterocycles. The summed E-state index contributed by atoms with van der Waals surface area (Å²) in [6, 6.07) is 10.1. The van der Waals surface area contributed by atoms with Crippen molar-refractivity contribution >= 4 is 29.1 Å². The Bertz CT molecular complexity index is 1160. The molecule has 258 valence electrons. The van der Waals surface area contributed by atoms with Crippen LogP contribution >= 0.6 is 11.3 Å². The highest BCUT2D eigenvalue weighted by atomic mass is 32.1. The van der Waals surface area contributed by atoms with Crippen LogP contribution < -0.4 is 10.6 Å². The Balaban J connectivity index is 2.16. The molecule has 0 saturated heterocycles. The molecule has 2 aromatic rings. The second-order valence-corrected chi connectivity index (χ2v) is 13.5. The minimum Gasteiger partial charge on any atom is -0.371 e. The van der Waals surface area contributed by atoms with Crippen LogP contribution in [0.15, 0.2) is 35.7 Å². The summed E-state index contributed by atoms with van der Waals surface area (Å²) in [6.07, 6.45) is 6.56. The van der Waals surface area contributed by atoms with Gasteiger partial charge in [-0.15, -0.1) is 11.3 Å². The number of thiazole rings is 1. The van der Waals surface area contributed by atoms with Crippen molar-refractivity contribution in [3.8, 4) is 0 Å². The Morgan fingerprint density at radius 3 is 2.35 bits per heavy atom. The van der Waals surface area contributed by atoms with Crippen molar-refractivity contribution in [2.45, 2.75) is 111 Å². The van der Waals surface area contributed by atoms with Gasteiger partial charge >= 0.3 is 0 Å². The Labute approximate surface area is 281 Å². The predicted octanol–water partition coefficient (Wildman–Crippen LogP) is 6.25. The zero-order valence-corrected chi connectivity index (χ0v) is 30.2. The monoisotopic (exact) mass is 657 g/mol. The molecule has 2 rings (SSSR count). The topological polar surface area (TPSA) is 104 Å². The van der Waals surface area contributed by atoms with Gasteiger partial charge in [-0.3, -0.25) is 19.3 Å². The number of carbonyl (C=O) groups is 3. The molecule has 9 nitrogen and oxygen atoms in total. The maximum atomic E-state index is 13.5. The van der Waals surface area contributed by atoms with Crippen LogP contribution in [0.2, 0.25) is 0 Å². The third-order valence-corrected chi connectivity index (χ3v) is 8.94. The van der Waals surface area contributed by atoms with Crippen molar-refractivity contribution in [1.29, 1.82) is 0 Å². The zero-order valence-electron chi connectivity index (χ0n) is 29.3. The highest BCUT2D eigenvalue weighted by Crippen LogP contribution is 2.31. The van der Waals surface area contributed by atoms with Gasteiger partial charge in [0.15, 0.2) is 0 Å². The Hall–Kier alpha value is -2.82. The number of hydrogen-bond donors (Lipinski definition) is 2. The third-order valence-electron chi connectivity index (χ3n) is 8.00. The van der Waals surface area contributed by atoms with E-state index in [1.165, 1.54) is 16.9 Å². The van der Waals surface area contributed by atoms with Gasteiger partial charge in [0, 0.05) is 37.0 Å². The van der Waals surface area contributed by atoms with Gasteiger partial charge in [-0.1, -0.05) is 84.7 Å². The molecule has 3 unspecified atom stereocenters. The van der Waals surface area contributed by atoms with E-state index in [4.69, 9.17) is 9.72 Å². The first-order chi connectivity index (χ1) is 22.1. The van der Waals surface area contributed by atoms with E-state index < -0.39 is 0 Å². The van der Waals surface area contributed by atoms with Gasteiger partial charge in [-0.05, 0) is 57.2 Å². The van der Waals surface area contributed by atoms with E-state index in [1.807, 2.05) is 40.4 Å². The lowest BCUT2D eigenvalue weighted by Gasteiger charge is -2.36. The molecule has 0 spiro atoms. The minimum atomic E-state index is -0.358. The Morgan fingerprint density at radius 2 is 1.72 bits per heavy atom. The average Bonchev–Trinajstić information content (AvgIpc) is 3.53. The van der Waals surface area contributed by atoms with Crippen molar-refractivity contribution in [2.24, 2.45) is 5.92 Å². The van der Waals surface area contributed by atoms with Crippen molar-refractivity contribution in [1.82, 2.24) is 25.4 Å². The lowest BCUT2D eigenvalue weighted by atomic mass is 9.95. The van der Waals surface area contributed by atoms with Gasteiger partial charge < -0.3 is 20.3 Å². The van der Waals surface area contributed by atoms with Crippen molar-refractivity contribution in [3.63, 3.8) is 0 Å². The number of nitrogens with one attached hydrogen (secondary N) is 2. The highest BCUT2D eigenvalue weighted by Gasteiger charge is 2.31. The molecule has 1 heterocycles. The molecule has 1 aromatic carbocycles. The van der Waals surface area contributed by atoms with Crippen LogP contribution in [0.3, 0.4) is 0 Å². The van der Waals surface area contributed by atoms with Crippen molar-refractivity contribution in [3.05, 3.63) is 52.0 Å². The summed E-state index contributed by atoms with van der Waals surface area (Å²) < 4.78 is 6.33. The van der Waals surface area contributed by atoms with Gasteiger partial charge in [0.25, 0.3) is 5.91 Å². The molecule has 3 amide bonds. The van der Waals surface area contributed by atoms with E-state index in [1.54, 1.807) is 0 Å². The smallest absolute Gasteiger partial charge is 0.270 e. The van der Waals surface area contributed by atoms with Gasteiger partial charge in [-0.25, -0.2) is 4.98 Å². The molecular formula is C36H59N5O4S. The van der Waals surface area contributed by atoms with Crippen LogP contribution in [0, 0.1) is 5.92 Å². The molecule has 46 heavy (non-hydrogen) atoms. The summed E-state index contributed by atoms with van der Waals surface area (Å²) in [5.41, 5.74) is 1.59. The fourth-order valence-corrected chi connectivity index (χ4v) is 6.41. The lowest BCUT2D eigenvalue weighted by molar-refractivity contribution is -0.136. The van der Waals surface area contributed by atoms with Crippen molar-refractivity contribution in [2.75, 3.05) is 39.8 Å². The van der Waals surface area contributed by atoms with Crippen LogP contribution in [0.25, 0.3) is 0 Å². The molecular weight excluding hydrogens is 598 g/mol. The fourth-order valence-electron chi connectivity index (χ4n) is 5.55. The van der Waals surface area contributed by atoms with E-state index in [9.17, 15) is 14.4 Å². The predicted molar refractivity (Wildman–Crippen MR) is 188 cm³/mol. The van der Waals surface area contributed by atoms with Gasteiger partial charge in [-0.2, -0.15) is 0 Å². The highest BCUT2D eigenvalue weighted by molar-refractivity contribution is 7.09. The third kappa shape index (κ3) is 13.9. The summed E-state index contributed by atoms with van der Waals surface area (Å²) >= 11 is 1.43. The summed E-state index contributed by atoms with van der Waals surface area (Å²) in [6.45, 7) is 14.8. The first-order valence-electron chi connectivity index (χ1n) is 17.3. The van der Waals surface area contributed by atoms with Crippen LogP contribution in [0.5, 0.6) is 0 Å². The molecule has 2 N–H and O–H groups in total. The number of aromatic nitrogens is 1. The molecule has 1 aromatic heterocycles. The van der Waals surface area contributed by atoms with Crippen LogP contribution in [-0.2, 0) is 20.7 Å². The largest absolute Gasteiger partial charge is 0.371 e. The summed E-state index contributed by atoms with van der Waals surface area (Å²) in [5.74, 6) is -0.272. The summed E-state index contributed by atoms with van der Waals surface area (Å²) in [5, 5.41) is 8.60. The Morgan fingerprint density at radius 1 is 0.978 bits per heavy atom. The molecule has 0 radical (unpaired) electrons. The number of amides is 3.